The summed E-state index contributed by atoms with van der Waals surface area (Å²) in [6.07, 6.45) is 0.916. The molecule has 1 aromatic rings. The van der Waals surface area contributed by atoms with E-state index in [2.05, 4.69) is 24.0 Å². The summed E-state index contributed by atoms with van der Waals surface area (Å²) in [4.78, 5) is 2.36. The van der Waals surface area contributed by atoms with Gasteiger partial charge in [-0.1, -0.05) is 6.92 Å². The molecule has 0 aliphatic carbocycles. The number of benzene rings is 1. The van der Waals surface area contributed by atoms with Crippen molar-refractivity contribution < 1.29 is 14.2 Å². The quantitative estimate of drug-likeness (QED) is 0.837. The van der Waals surface area contributed by atoms with Crippen molar-refractivity contribution in [3.63, 3.8) is 0 Å². The van der Waals surface area contributed by atoms with E-state index >= 15 is 0 Å². The highest BCUT2D eigenvalue weighted by Crippen LogP contribution is 2.35. The molecule has 0 bridgehead atoms. The van der Waals surface area contributed by atoms with Crippen LogP contribution in [-0.2, 0) is 9.47 Å². The molecule has 0 unspecified atom stereocenters. The lowest BCUT2D eigenvalue weighted by atomic mass is 9.88. The molecule has 0 amide bonds. The van der Waals surface area contributed by atoms with Crippen LogP contribution in [0.25, 0.3) is 0 Å². The van der Waals surface area contributed by atoms with Crippen molar-refractivity contribution >= 4 is 5.69 Å². The summed E-state index contributed by atoms with van der Waals surface area (Å²) in [5.74, 6) is 1.49. The minimum atomic E-state index is -0.0837. The molecule has 19 heavy (non-hydrogen) atoms. The van der Waals surface area contributed by atoms with Crippen molar-refractivity contribution in [3.8, 4) is 5.75 Å². The second-order valence-electron chi connectivity index (χ2n) is 5.28. The molecule has 0 N–H and O–H groups in total. The fraction of sp³-hybridized carbons (Fsp3) is 0.600. The van der Waals surface area contributed by atoms with Crippen molar-refractivity contribution in [3.05, 3.63) is 24.3 Å². The smallest absolute Gasteiger partial charge is 0.178 e. The Morgan fingerprint density at radius 2 is 1.84 bits per heavy atom. The first-order valence-corrected chi connectivity index (χ1v) is 6.93. The zero-order valence-electron chi connectivity index (χ0n) is 11.5. The number of rotatable bonds is 3. The molecule has 0 radical (unpaired) electrons. The molecule has 0 spiro atoms. The fourth-order valence-electron chi connectivity index (χ4n) is 2.88. The summed E-state index contributed by atoms with van der Waals surface area (Å²) in [6, 6.07) is 8.52. The minimum Gasteiger partial charge on any atom is -0.497 e. The monoisotopic (exact) mass is 263 g/mol. The van der Waals surface area contributed by atoms with E-state index in [-0.39, 0.29) is 6.29 Å². The normalized spacial score (nSPS) is 28.0. The van der Waals surface area contributed by atoms with Crippen LogP contribution in [0.3, 0.4) is 0 Å². The van der Waals surface area contributed by atoms with Crippen molar-refractivity contribution in [1.82, 2.24) is 0 Å². The molecule has 2 atom stereocenters. The van der Waals surface area contributed by atoms with Gasteiger partial charge in [0.2, 0.25) is 0 Å². The average molecular weight is 263 g/mol. The lowest BCUT2D eigenvalue weighted by Gasteiger charge is -2.51. The Balaban J connectivity index is 1.72. The van der Waals surface area contributed by atoms with Crippen LogP contribution in [0.5, 0.6) is 5.75 Å². The van der Waals surface area contributed by atoms with Gasteiger partial charge in [-0.15, -0.1) is 0 Å². The summed E-state index contributed by atoms with van der Waals surface area (Å²) in [7, 11) is 1.69. The molecule has 1 aromatic carbocycles. The number of anilines is 1. The second kappa shape index (κ2) is 5.39. The Labute approximate surface area is 114 Å². The molecule has 3 rings (SSSR count). The van der Waals surface area contributed by atoms with Crippen molar-refractivity contribution in [2.45, 2.75) is 25.7 Å². The zero-order valence-corrected chi connectivity index (χ0v) is 11.5. The molecule has 4 heteroatoms. The molecule has 0 aromatic heterocycles. The summed E-state index contributed by atoms with van der Waals surface area (Å²) < 4.78 is 16.7. The summed E-state index contributed by atoms with van der Waals surface area (Å²) in [6.45, 7) is 4.93. The second-order valence-corrected chi connectivity index (χ2v) is 5.28. The fourth-order valence-corrected chi connectivity index (χ4v) is 2.88. The van der Waals surface area contributed by atoms with Crippen LogP contribution >= 0.6 is 0 Å². The van der Waals surface area contributed by atoms with Crippen LogP contribution in [0.1, 0.15) is 13.3 Å². The van der Waals surface area contributed by atoms with Crippen LogP contribution in [0.2, 0.25) is 0 Å². The third kappa shape index (κ3) is 2.42. The van der Waals surface area contributed by atoms with Gasteiger partial charge in [0.1, 0.15) is 5.75 Å². The number of hydrogen-bond donors (Lipinski definition) is 0. The highest BCUT2D eigenvalue weighted by atomic mass is 16.7. The van der Waals surface area contributed by atoms with Crippen LogP contribution in [-0.4, -0.2) is 39.2 Å². The maximum atomic E-state index is 5.76. The predicted octanol–water partition coefficient (Wildman–Crippen LogP) is 2.28. The molecule has 2 aliphatic heterocycles. The highest BCUT2D eigenvalue weighted by molar-refractivity contribution is 5.52. The van der Waals surface area contributed by atoms with Gasteiger partial charge >= 0.3 is 0 Å². The maximum absolute atomic E-state index is 5.76. The van der Waals surface area contributed by atoms with Crippen molar-refractivity contribution in [1.29, 1.82) is 0 Å². The van der Waals surface area contributed by atoms with Gasteiger partial charge in [-0.05, 0) is 36.6 Å². The van der Waals surface area contributed by atoms with Gasteiger partial charge in [-0.2, -0.15) is 0 Å². The van der Waals surface area contributed by atoms with Gasteiger partial charge in [0.05, 0.1) is 26.4 Å². The molecule has 2 aliphatic rings. The zero-order chi connectivity index (χ0) is 13.2. The number of ether oxygens (including phenoxy) is 3. The minimum absolute atomic E-state index is 0.0837. The first-order chi connectivity index (χ1) is 9.29. The van der Waals surface area contributed by atoms with E-state index in [0.717, 1.165) is 31.9 Å². The summed E-state index contributed by atoms with van der Waals surface area (Å²) >= 11 is 0. The number of methoxy groups -OCH3 is 1. The first-order valence-electron chi connectivity index (χ1n) is 6.93. The Kier molecular flexibility index (Phi) is 3.62. The van der Waals surface area contributed by atoms with Gasteiger partial charge in [0.15, 0.2) is 6.29 Å². The Morgan fingerprint density at radius 1 is 1.16 bits per heavy atom. The topological polar surface area (TPSA) is 30.9 Å². The van der Waals surface area contributed by atoms with E-state index in [1.807, 2.05) is 12.1 Å². The summed E-state index contributed by atoms with van der Waals surface area (Å²) in [5, 5.41) is 0. The predicted molar refractivity (Wildman–Crippen MR) is 73.6 cm³/mol. The van der Waals surface area contributed by atoms with Gasteiger partial charge in [-0.25, -0.2) is 0 Å². The van der Waals surface area contributed by atoms with Crippen molar-refractivity contribution in [2.75, 3.05) is 31.8 Å². The van der Waals surface area contributed by atoms with E-state index in [1.54, 1.807) is 7.11 Å². The molecular formula is C15H21NO3. The summed E-state index contributed by atoms with van der Waals surface area (Å²) in [5.41, 5.74) is 1.21. The molecule has 4 nitrogen and oxygen atoms in total. The number of hydrogen-bond acceptors (Lipinski definition) is 4. The molecule has 0 saturated carbocycles. The molecule has 104 valence electrons. The standard InChI is InChI=1S/C15H21NO3/c1-11-10-16(12-4-6-13(17-2)7-5-12)14(11)15-18-8-3-9-19-15/h4-7,11,14-15H,3,8-10H2,1-2H3/t11-,14+/m0/s1. The van der Waals surface area contributed by atoms with E-state index < -0.39 is 0 Å². The SMILES string of the molecule is COc1ccc(N2C[C@H](C)[C@@H]2C2OCCCO2)cc1. The highest BCUT2D eigenvalue weighted by Gasteiger charge is 2.43. The molecular weight excluding hydrogens is 242 g/mol. The van der Waals surface area contributed by atoms with E-state index in [9.17, 15) is 0 Å². The van der Waals surface area contributed by atoms with Gasteiger partial charge in [-0.3, -0.25) is 0 Å². The van der Waals surface area contributed by atoms with E-state index in [4.69, 9.17) is 14.2 Å². The molecule has 2 fully saturated rings. The first kappa shape index (κ1) is 12.8. The Bertz CT molecular complexity index is 414. The Morgan fingerprint density at radius 3 is 2.42 bits per heavy atom. The van der Waals surface area contributed by atoms with Crippen molar-refractivity contribution in [2.24, 2.45) is 5.92 Å². The van der Waals surface area contributed by atoms with Gasteiger partial charge in [0, 0.05) is 12.2 Å². The third-order valence-corrected chi connectivity index (χ3v) is 3.96. The van der Waals surface area contributed by atoms with Crippen LogP contribution in [0.15, 0.2) is 24.3 Å². The third-order valence-electron chi connectivity index (χ3n) is 3.96. The lowest BCUT2D eigenvalue weighted by molar-refractivity contribution is -0.202. The maximum Gasteiger partial charge on any atom is 0.178 e. The average Bonchev–Trinajstić information content (AvgIpc) is 2.46. The van der Waals surface area contributed by atoms with Gasteiger partial charge < -0.3 is 19.1 Å². The van der Waals surface area contributed by atoms with E-state index in [1.165, 1.54) is 5.69 Å². The Hall–Kier alpha value is -1.26. The van der Waals surface area contributed by atoms with Crippen LogP contribution in [0.4, 0.5) is 5.69 Å². The molecule has 2 heterocycles. The van der Waals surface area contributed by atoms with Crippen LogP contribution in [0, 0.1) is 5.92 Å². The van der Waals surface area contributed by atoms with Gasteiger partial charge in [0.25, 0.3) is 0 Å². The number of nitrogens with zero attached hydrogens (tertiary/aromatic N) is 1. The van der Waals surface area contributed by atoms with Crippen LogP contribution < -0.4 is 9.64 Å². The molecule has 2 saturated heterocycles. The largest absolute Gasteiger partial charge is 0.497 e. The lowest BCUT2D eigenvalue weighted by Crippen LogP contribution is -2.62. The van der Waals surface area contributed by atoms with E-state index in [0.29, 0.717) is 12.0 Å².